The van der Waals surface area contributed by atoms with Crippen LogP contribution in [-0.4, -0.2) is 36.7 Å². The summed E-state index contributed by atoms with van der Waals surface area (Å²) >= 11 is 3.32. The van der Waals surface area contributed by atoms with Gasteiger partial charge in [-0.05, 0) is 46.8 Å². The van der Waals surface area contributed by atoms with Gasteiger partial charge in [-0.3, -0.25) is 9.59 Å². The normalized spacial score (nSPS) is 17.2. The number of hydrogen-bond donors (Lipinski definition) is 2. The van der Waals surface area contributed by atoms with Crippen molar-refractivity contribution >= 4 is 27.8 Å². The van der Waals surface area contributed by atoms with E-state index < -0.39 is 11.9 Å². The largest absolute Gasteiger partial charge is 0.481 e. The zero-order valence-electron chi connectivity index (χ0n) is 11.5. The Morgan fingerprint density at radius 2 is 2.00 bits per heavy atom. The van der Waals surface area contributed by atoms with Gasteiger partial charge in [0.05, 0.1) is 11.5 Å². The zero-order valence-corrected chi connectivity index (χ0v) is 13.1. The molecule has 0 saturated carbocycles. The van der Waals surface area contributed by atoms with Crippen molar-refractivity contribution < 1.29 is 19.4 Å². The van der Waals surface area contributed by atoms with Crippen molar-refractivity contribution in [1.29, 1.82) is 0 Å². The molecule has 1 unspecified atom stereocenters. The Labute approximate surface area is 131 Å². The van der Waals surface area contributed by atoms with Crippen LogP contribution in [0.3, 0.4) is 0 Å². The van der Waals surface area contributed by atoms with E-state index in [2.05, 4.69) is 21.2 Å². The third kappa shape index (κ3) is 4.28. The molecule has 6 heteroatoms. The molecule has 1 aliphatic heterocycles. The molecule has 114 valence electrons. The minimum Gasteiger partial charge on any atom is -0.481 e. The predicted octanol–water partition coefficient (Wildman–Crippen LogP) is 2.31. The zero-order chi connectivity index (χ0) is 15.2. The van der Waals surface area contributed by atoms with Crippen LogP contribution in [0.15, 0.2) is 28.7 Å². The average Bonchev–Trinajstić information content (AvgIpc) is 2.48. The lowest BCUT2D eigenvalue weighted by Gasteiger charge is -2.27. The molecule has 1 aliphatic rings. The Morgan fingerprint density at radius 3 is 2.62 bits per heavy atom. The van der Waals surface area contributed by atoms with E-state index in [0.717, 1.165) is 12.8 Å². The summed E-state index contributed by atoms with van der Waals surface area (Å²) in [7, 11) is 0. The maximum atomic E-state index is 12.1. The average molecular weight is 356 g/mol. The van der Waals surface area contributed by atoms with Gasteiger partial charge in [0, 0.05) is 24.2 Å². The minimum absolute atomic E-state index is 0.0516. The number of carboxylic acids is 1. The maximum Gasteiger partial charge on any atom is 0.308 e. The van der Waals surface area contributed by atoms with E-state index in [1.54, 1.807) is 18.2 Å². The second kappa shape index (κ2) is 7.56. The second-order valence-corrected chi connectivity index (χ2v) is 5.94. The molecule has 21 heavy (non-hydrogen) atoms. The third-order valence-electron chi connectivity index (χ3n) is 3.75. The maximum absolute atomic E-state index is 12.1. The van der Waals surface area contributed by atoms with Gasteiger partial charge in [-0.1, -0.05) is 12.1 Å². The van der Waals surface area contributed by atoms with Gasteiger partial charge in [0.1, 0.15) is 0 Å². The highest BCUT2D eigenvalue weighted by Crippen LogP contribution is 2.24. The fraction of sp³-hybridized carbons (Fsp3) is 0.467. The predicted molar refractivity (Wildman–Crippen MR) is 81.1 cm³/mol. The van der Waals surface area contributed by atoms with Crippen molar-refractivity contribution in [3.63, 3.8) is 0 Å². The SMILES string of the molecule is O=C(NCC(C(=O)O)C1CCOCC1)c1ccccc1Br. The van der Waals surface area contributed by atoms with Crippen molar-refractivity contribution in [2.24, 2.45) is 11.8 Å². The van der Waals surface area contributed by atoms with Gasteiger partial charge in [0.15, 0.2) is 0 Å². The van der Waals surface area contributed by atoms with Crippen molar-refractivity contribution in [2.75, 3.05) is 19.8 Å². The lowest BCUT2D eigenvalue weighted by atomic mass is 9.86. The Hall–Kier alpha value is -1.40. The van der Waals surface area contributed by atoms with Gasteiger partial charge in [0.25, 0.3) is 5.91 Å². The Morgan fingerprint density at radius 1 is 1.33 bits per heavy atom. The van der Waals surface area contributed by atoms with Crippen LogP contribution in [-0.2, 0) is 9.53 Å². The lowest BCUT2D eigenvalue weighted by Crippen LogP contribution is -2.39. The number of benzene rings is 1. The van der Waals surface area contributed by atoms with Crippen molar-refractivity contribution in [2.45, 2.75) is 12.8 Å². The number of carbonyl (C=O) groups excluding carboxylic acids is 1. The standard InChI is InChI=1S/C15H18BrNO4/c16-13-4-2-1-3-11(13)14(18)17-9-12(15(19)20)10-5-7-21-8-6-10/h1-4,10,12H,5-9H2,(H,17,18)(H,19,20). The van der Waals surface area contributed by atoms with Crippen molar-refractivity contribution in [1.82, 2.24) is 5.32 Å². The fourth-order valence-electron chi connectivity index (χ4n) is 2.52. The van der Waals surface area contributed by atoms with Crippen LogP contribution in [0.1, 0.15) is 23.2 Å². The van der Waals surface area contributed by atoms with Crippen LogP contribution in [0.25, 0.3) is 0 Å². The molecular weight excluding hydrogens is 338 g/mol. The molecule has 0 spiro atoms. The van der Waals surface area contributed by atoms with Gasteiger partial charge < -0.3 is 15.2 Å². The van der Waals surface area contributed by atoms with E-state index >= 15 is 0 Å². The first-order valence-electron chi connectivity index (χ1n) is 6.93. The molecular formula is C15H18BrNO4. The number of aliphatic carboxylic acids is 1. The van der Waals surface area contributed by atoms with Gasteiger partial charge in [-0.15, -0.1) is 0 Å². The van der Waals surface area contributed by atoms with Gasteiger partial charge in [-0.2, -0.15) is 0 Å². The minimum atomic E-state index is -0.866. The summed E-state index contributed by atoms with van der Waals surface area (Å²) < 4.78 is 5.95. The number of hydrogen-bond acceptors (Lipinski definition) is 3. The molecule has 1 aromatic carbocycles. The van der Waals surface area contributed by atoms with Crippen LogP contribution in [0.4, 0.5) is 0 Å². The van der Waals surface area contributed by atoms with Crippen LogP contribution in [0.2, 0.25) is 0 Å². The van der Waals surface area contributed by atoms with Gasteiger partial charge >= 0.3 is 5.97 Å². The summed E-state index contributed by atoms with van der Waals surface area (Å²) in [6.45, 7) is 1.32. The van der Waals surface area contributed by atoms with Gasteiger partial charge in [-0.25, -0.2) is 0 Å². The Balaban J connectivity index is 1.97. The number of amides is 1. The monoisotopic (exact) mass is 355 g/mol. The molecule has 5 nitrogen and oxygen atoms in total. The highest BCUT2D eigenvalue weighted by molar-refractivity contribution is 9.10. The van der Waals surface area contributed by atoms with Crippen LogP contribution in [0.5, 0.6) is 0 Å². The van der Waals surface area contributed by atoms with E-state index in [1.165, 1.54) is 0 Å². The van der Waals surface area contributed by atoms with Crippen LogP contribution < -0.4 is 5.32 Å². The van der Waals surface area contributed by atoms with E-state index in [9.17, 15) is 14.7 Å². The van der Waals surface area contributed by atoms with Crippen LogP contribution >= 0.6 is 15.9 Å². The molecule has 0 bridgehead atoms. The van der Waals surface area contributed by atoms with Crippen molar-refractivity contribution in [3.8, 4) is 0 Å². The number of halogens is 1. The smallest absolute Gasteiger partial charge is 0.308 e. The summed E-state index contributed by atoms with van der Waals surface area (Å²) in [5.74, 6) is -1.65. The summed E-state index contributed by atoms with van der Waals surface area (Å²) in [4.78, 5) is 23.5. The first-order valence-corrected chi connectivity index (χ1v) is 7.72. The fourth-order valence-corrected chi connectivity index (χ4v) is 2.98. The Kier molecular flexibility index (Phi) is 5.76. The third-order valence-corrected chi connectivity index (χ3v) is 4.44. The molecule has 1 atom stereocenters. The molecule has 0 aliphatic carbocycles. The second-order valence-electron chi connectivity index (χ2n) is 5.08. The quantitative estimate of drug-likeness (QED) is 0.849. The first-order chi connectivity index (χ1) is 10.1. The Bertz CT molecular complexity index is 514. The molecule has 1 saturated heterocycles. The summed E-state index contributed by atoms with van der Waals surface area (Å²) in [6.07, 6.45) is 1.45. The topological polar surface area (TPSA) is 75.6 Å². The van der Waals surface area contributed by atoms with E-state index in [4.69, 9.17) is 4.74 Å². The molecule has 1 aromatic rings. The highest BCUT2D eigenvalue weighted by atomic mass is 79.9. The van der Waals surface area contributed by atoms with E-state index in [0.29, 0.717) is 23.2 Å². The summed E-state index contributed by atoms with van der Waals surface area (Å²) in [5.41, 5.74) is 0.508. The molecule has 0 radical (unpaired) electrons. The number of rotatable bonds is 5. The first kappa shape index (κ1) is 16.0. The lowest BCUT2D eigenvalue weighted by molar-refractivity contribution is -0.144. The van der Waals surface area contributed by atoms with E-state index in [-0.39, 0.29) is 18.4 Å². The number of carbonyl (C=O) groups is 2. The summed E-state index contributed by atoms with van der Waals surface area (Å²) in [5, 5.41) is 12.1. The number of nitrogens with one attached hydrogen (secondary N) is 1. The molecule has 1 amide bonds. The molecule has 1 fully saturated rings. The van der Waals surface area contributed by atoms with E-state index in [1.807, 2.05) is 6.07 Å². The van der Waals surface area contributed by atoms with Gasteiger partial charge in [0.2, 0.25) is 0 Å². The summed E-state index contributed by atoms with van der Waals surface area (Å²) in [6, 6.07) is 7.07. The van der Waals surface area contributed by atoms with Crippen molar-refractivity contribution in [3.05, 3.63) is 34.3 Å². The number of carboxylic acid groups (broad SMARTS) is 1. The molecule has 2 N–H and O–H groups in total. The molecule has 1 heterocycles. The van der Waals surface area contributed by atoms with Crippen LogP contribution in [0, 0.1) is 11.8 Å². The highest BCUT2D eigenvalue weighted by Gasteiger charge is 2.30. The molecule has 0 aromatic heterocycles. The number of ether oxygens (including phenoxy) is 1. The molecule has 2 rings (SSSR count).